The molecular weight excluding hydrogens is 462 g/mol. The highest BCUT2D eigenvalue weighted by Gasteiger charge is 2.70. The summed E-state index contributed by atoms with van der Waals surface area (Å²) in [5, 5.41) is -4.70. The summed E-state index contributed by atoms with van der Waals surface area (Å²) in [6.07, 6.45) is 0.757. The molecule has 0 radical (unpaired) electrons. The topological polar surface area (TPSA) is 99.1 Å². The van der Waals surface area contributed by atoms with Crippen molar-refractivity contribution in [2.75, 3.05) is 19.8 Å². The van der Waals surface area contributed by atoms with Gasteiger partial charge in [0.2, 0.25) is 0 Å². The predicted molar refractivity (Wildman–Crippen MR) is 88.0 cm³/mol. The molecule has 5 fully saturated rings. The monoisotopic (exact) mass is 482 g/mol. The lowest BCUT2D eigenvalue weighted by Gasteiger charge is -2.62. The number of alkyl halides is 6. The molecule has 2 atom stereocenters. The van der Waals surface area contributed by atoms with Crippen LogP contribution in [0.1, 0.15) is 32.1 Å². The Labute approximate surface area is 173 Å². The first-order valence-electron chi connectivity index (χ1n) is 9.59. The van der Waals surface area contributed by atoms with Gasteiger partial charge >= 0.3 is 33.2 Å². The second-order valence-electron chi connectivity index (χ2n) is 9.02. The third-order valence-corrected chi connectivity index (χ3v) is 7.88. The molecule has 1 saturated heterocycles. The largest absolute Gasteiger partial charge is 0.458 e. The Morgan fingerprint density at radius 2 is 1.48 bits per heavy atom. The molecule has 4 saturated carbocycles. The van der Waals surface area contributed by atoms with Crippen molar-refractivity contribution in [1.29, 1.82) is 0 Å². The summed E-state index contributed by atoms with van der Waals surface area (Å²) in [4.78, 5) is 12.7. The predicted octanol–water partition coefficient (Wildman–Crippen LogP) is 2.85. The van der Waals surface area contributed by atoms with Gasteiger partial charge in [0, 0.05) is 11.8 Å². The zero-order valence-corrected chi connectivity index (χ0v) is 16.8. The Morgan fingerprint density at radius 3 is 1.94 bits per heavy atom. The lowest BCUT2D eigenvalue weighted by Crippen LogP contribution is -2.65. The minimum atomic E-state index is -5.80. The van der Waals surface area contributed by atoms with Crippen LogP contribution in [0.5, 0.6) is 0 Å². The van der Waals surface area contributed by atoms with E-state index in [0.29, 0.717) is 12.8 Å². The Kier molecular flexibility index (Phi) is 4.98. The maximum atomic E-state index is 13.8. The summed E-state index contributed by atoms with van der Waals surface area (Å²) in [6.45, 7) is -5.01. The fraction of sp³-hybridized carbons (Fsp3) is 0.941. The van der Waals surface area contributed by atoms with Gasteiger partial charge in [-0.1, -0.05) is 0 Å². The molecule has 31 heavy (non-hydrogen) atoms. The summed E-state index contributed by atoms with van der Waals surface area (Å²) in [7, 11) is -5.80. The molecule has 4 aliphatic carbocycles. The summed E-state index contributed by atoms with van der Waals surface area (Å²) < 4.78 is 127. The van der Waals surface area contributed by atoms with Gasteiger partial charge in [-0.25, -0.2) is 0 Å². The molecule has 5 rings (SSSR count). The van der Waals surface area contributed by atoms with Crippen LogP contribution in [0.15, 0.2) is 0 Å². The Morgan fingerprint density at radius 1 is 1.00 bits per heavy atom. The van der Waals surface area contributed by atoms with Gasteiger partial charge < -0.3 is 14.2 Å². The quantitative estimate of drug-likeness (QED) is 0.374. The van der Waals surface area contributed by atoms with Gasteiger partial charge in [0.1, 0.15) is 13.2 Å². The summed E-state index contributed by atoms with van der Waals surface area (Å²) in [6, 6.07) is 0. The van der Waals surface area contributed by atoms with Crippen LogP contribution in [0.3, 0.4) is 0 Å². The molecule has 7 nitrogen and oxygen atoms in total. The minimum absolute atomic E-state index is 0.0899. The van der Waals surface area contributed by atoms with Gasteiger partial charge in [-0.15, -0.1) is 0 Å². The first-order valence-corrected chi connectivity index (χ1v) is 11.0. The molecule has 4 bridgehead atoms. The SMILES string of the molecule is O=C(OCC(F)(F)S(=O)(=O)O)C12CC3CC(C1)C1(OCC(F)(F)C(F)(F)CO1)C(C3)C2. The standard InChI is InChI=1S/C17H20F6O7S/c18-14(19)6-29-17(30-7-15(14,20)21)10-1-9-2-11(17)5-13(3-9,4-10)12(24)28-8-16(22,23)31(25,26)27/h9-11H,1-8H2,(H,25,26,27). The van der Waals surface area contributed by atoms with Crippen LogP contribution in [-0.4, -0.2) is 61.6 Å². The number of halogens is 6. The van der Waals surface area contributed by atoms with Crippen molar-refractivity contribution < 1.29 is 58.3 Å². The fourth-order valence-electron chi connectivity index (χ4n) is 5.68. The van der Waals surface area contributed by atoms with E-state index in [4.69, 9.17) is 14.0 Å². The highest BCUT2D eigenvalue weighted by atomic mass is 32.2. The molecule has 0 aromatic heterocycles. The van der Waals surface area contributed by atoms with E-state index in [-0.39, 0.29) is 25.2 Å². The van der Waals surface area contributed by atoms with E-state index in [1.165, 1.54) is 0 Å². The number of hydrogen-bond acceptors (Lipinski definition) is 6. The molecular formula is C17H20F6O7S. The highest BCUT2D eigenvalue weighted by Crippen LogP contribution is 2.66. The van der Waals surface area contributed by atoms with Crippen molar-refractivity contribution in [3.05, 3.63) is 0 Å². The van der Waals surface area contributed by atoms with E-state index >= 15 is 0 Å². The van der Waals surface area contributed by atoms with Crippen molar-refractivity contribution >= 4 is 16.1 Å². The maximum absolute atomic E-state index is 13.8. The van der Waals surface area contributed by atoms with Gasteiger partial charge in [-0.05, 0) is 38.0 Å². The van der Waals surface area contributed by atoms with Gasteiger partial charge in [-0.3, -0.25) is 9.35 Å². The molecule has 1 N–H and O–H groups in total. The molecule has 0 amide bonds. The van der Waals surface area contributed by atoms with Crippen molar-refractivity contribution in [2.45, 2.75) is 55.0 Å². The summed E-state index contributed by atoms with van der Waals surface area (Å²) in [5.41, 5.74) is -1.32. The second-order valence-corrected chi connectivity index (χ2v) is 10.6. The van der Waals surface area contributed by atoms with Crippen LogP contribution in [-0.2, 0) is 29.1 Å². The smallest absolute Gasteiger partial charge is 0.402 e. The first-order chi connectivity index (χ1) is 14.0. The molecule has 0 aromatic rings. The second kappa shape index (κ2) is 6.70. The Bertz CT molecular complexity index is 840. The zero-order chi connectivity index (χ0) is 23.1. The fourth-order valence-corrected chi connectivity index (χ4v) is 5.89. The third kappa shape index (κ3) is 3.44. The molecule has 1 aliphatic heterocycles. The Balaban J connectivity index is 1.54. The number of carbonyl (C=O) groups excluding carboxylic acids is 1. The average molecular weight is 482 g/mol. The van der Waals surface area contributed by atoms with Crippen LogP contribution in [0.4, 0.5) is 26.3 Å². The lowest BCUT2D eigenvalue weighted by atomic mass is 9.47. The molecule has 2 unspecified atom stereocenters. The van der Waals surface area contributed by atoms with E-state index < -0.39 is 76.0 Å². The molecule has 0 aromatic carbocycles. The van der Waals surface area contributed by atoms with Gasteiger partial charge in [0.25, 0.3) is 0 Å². The zero-order valence-electron chi connectivity index (χ0n) is 16.0. The van der Waals surface area contributed by atoms with Gasteiger partial charge in [0.05, 0.1) is 5.41 Å². The maximum Gasteiger partial charge on any atom is 0.402 e. The van der Waals surface area contributed by atoms with E-state index in [1.807, 2.05) is 0 Å². The van der Waals surface area contributed by atoms with Crippen LogP contribution < -0.4 is 0 Å². The number of esters is 1. The minimum Gasteiger partial charge on any atom is -0.458 e. The third-order valence-electron chi connectivity index (χ3n) is 7.00. The number of hydrogen-bond donors (Lipinski definition) is 1. The number of rotatable bonds is 4. The lowest BCUT2D eigenvalue weighted by molar-refractivity contribution is -0.346. The van der Waals surface area contributed by atoms with Crippen molar-refractivity contribution in [3.8, 4) is 0 Å². The molecule has 178 valence electrons. The van der Waals surface area contributed by atoms with E-state index in [0.717, 1.165) is 0 Å². The van der Waals surface area contributed by atoms with Gasteiger partial charge in [-0.2, -0.15) is 34.8 Å². The van der Waals surface area contributed by atoms with Crippen LogP contribution in [0.2, 0.25) is 0 Å². The molecule has 14 heteroatoms. The van der Waals surface area contributed by atoms with E-state index in [1.54, 1.807) is 0 Å². The van der Waals surface area contributed by atoms with Crippen LogP contribution in [0, 0.1) is 23.2 Å². The highest BCUT2D eigenvalue weighted by molar-refractivity contribution is 7.86. The van der Waals surface area contributed by atoms with Gasteiger partial charge in [0.15, 0.2) is 12.4 Å². The van der Waals surface area contributed by atoms with Crippen LogP contribution >= 0.6 is 0 Å². The van der Waals surface area contributed by atoms with E-state index in [9.17, 15) is 39.6 Å². The molecule has 5 aliphatic rings. The molecule has 1 spiro atoms. The first kappa shape index (κ1) is 23.1. The number of carbonyl (C=O) groups is 1. The Hall–Kier alpha value is -1.12. The van der Waals surface area contributed by atoms with Crippen LogP contribution in [0.25, 0.3) is 0 Å². The summed E-state index contributed by atoms with van der Waals surface area (Å²) in [5.74, 6) is -13.3. The van der Waals surface area contributed by atoms with Crippen molar-refractivity contribution in [2.24, 2.45) is 23.2 Å². The van der Waals surface area contributed by atoms with Crippen molar-refractivity contribution in [3.63, 3.8) is 0 Å². The molecule has 1 heterocycles. The van der Waals surface area contributed by atoms with Crippen molar-refractivity contribution in [1.82, 2.24) is 0 Å². The average Bonchev–Trinajstić information content (AvgIpc) is 2.72. The summed E-state index contributed by atoms with van der Waals surface area (Å²) >= 11 is 0. The number of ether oxygens (including phenoxy) is 3. The normalized spacial score (nSPS) is 38.1. The van der Waals surface area contributed by atoms with E-state index in [2.05, 4.69) is 4.74 Å².